The molecule has 4 rings (SSSR count). The summed E-state index contributed by atoms with van der Waals surface area (Å²) in [5, 5.41) is 6.16. The van der Waals surface area contributed by atoms with Gasteiger partial charge in [-0.2, -0.15) is 0 Å². The number of hydrogen-bond acceptors (Lipinski definition) is 5. The van der Waals surface area contributed by atoms with E-state index < -0.39 is 0 Å². The Morgan fingerprint density at radius 1 is 1.24 bits per heavy atom. The van der Waals surface area contributed by atoms with Crippen LogP contribution in [0.2, 0.25) is 0 Å². The number of hydrogen-bond donors (Lipinski definition) is 1. The number of rotatable bonds is 6. The zero-order chi connectivity index (χ0) is 20.1. The molecule has 2 aromatic carbocycles. The van der Waals surface area contributed by atoms with Gasteiger partial charge in [0.15, 0.2) is 0 Å². The minimum absolute atomic E-state index is 0.0593. The number of amides is 1. The summed E-state index contributed by atoms with van der Waals surface area (Å²) in [6.07, 6.45) is 4.33. The lowest BCUT2D eigenvalue weighted by atomic mass is 10.0. The highest BCUT2D eigenvalue weighted by molar-refractivity contribution is 7.99. The molecule has 1 aromatic heterocycles. The first-order valence-corrected chi connectivity index (χ1v) is 11.4. The van der Waals surface area contributed by atoms with Crippen molar-refractivity contribution in [1.82, 2.24) is 10.3 Å². The van der Waals surface area contributed by atoms with Gasteiger partial charge in [0.1, 0.15) is 12.4 Å². The Morgan fingerprint density at radius 2 is 2.07 bits per heavy atom. The predicted molar refractivity (Wildman–Crippen MR) is 119 cm³/mol. The zero-order valence-corrected chi connectivity index (χ0v) is 17.8. The molecular weight excluding hydrogens is 400 g/mol. The van der Waals surface area contributed by atoms with Crippen LogP contribution in [0.5, 0.6) is 5.75 Å². The fourth-order valence-electron chi connectivity index (χ4n) is 3.25. The molecule has 0 bridgehead atoms. The van der Waals surface area contributed by atoms with Crippen molar-refractivity contribution in [2.45, 2.75) is 30.9 Å². The quantitative estimate of drug-likeness (QED) is 0.541. The van der Waals surface area contributed by atoms with Crippen molar-refractivity contribution in [2.24, 2.45) is 0 Å². The molecule has 1 aliphatic rings. The van der Waals surface area contributed by atoms with Gasteiger partial charge in [0.25, 0.3) is 0 Å². The van der Waals surface area contributed by atoms with Gasteiger partial charge in [-0.05, 0) is 37.1 Å². The predicted octanol–water partition coefficient (Wildman–Crippen LogP) is 5.40. The van der Waals surface area contributed by atoms with Crippen LogP contribution < -0.4 is 10.1 Å². The number of benzene rings is 2. The summed E-state index contributed by atoms with van der Waals surface area (Å²) >= 11 is 3.46. The fourth-order valence-corrected chi connectivity index (χ4v) is 4.98. The van der Waals surface area contributed by atoms with E-state index in [-0.39, 0.29) is 11.9 Å². The van der Waals surface area contributed by atoms with Gasteiger partial charge in [0, 0.05) is 27.7 Å². The Morgan fingerprint density at radius 3 is 2.93 bits per heavy atom. The molecule has 0 saturated heterocycles. The SMILES string of the molecule is Cc1nc(COc2ccccc2/C=C/C(=O)NC2CCSc3ccccc32)cs1. The molecule has 148 valence electrons. The van der Waals surface area contributed by atoms with Crippen molar-refractivity contribution >= 4 is 35.1 Å². The van der Waals surface area contributed by atoms with E-state index in [2.05, 4.69) is 22.4 Å². The molecular formula is C23H22N2O2S2. The van der Waals surface area contributed by atoms with Crippen LogP contribution in [0.3, 0.4) is 0 Å². The Bertz CT molecular complexity index is 1030. The van der Waals surface area contributed by atoms with Crippen molar-refractivity contribution in [1.29, 1.82) is 0 Å². The van der Waals surface area contributed by atoms with E-state index in [0.29, 0.717) is 6.61 Å². The third-order valence-electron chi connectivity index (χ3n) is 4.65. The first kappa shape index (κ1) is 19.7. The number of nitrogens with one attached hydrogen (secondary N) is 1. The van der Waals surface area contributed by atoms with Gasteiger partial charge in [-0.3, -0.25) is 4.79 Å². The summed E-state index contributed by atoms with van der Waals surface area (Å²) in [5.74, 6) is 1.65. The number of carbonyl (C=O) groups is 1. The highest BCUT2D eigenvalue weighted by Gasteiger charge is 2.21. The van der Waals surface area contributed by atoms with E-state index in [1.54, 1.807) is 23.5 Å². The third-order valence-corrected chi connectivity index (χ3v) is 6.60. The highest BCUT2D eigenvalue weighted by atomic mass is 32.2. The molecule has 0 radical (unpaired) electrons. The van der Waals surface area contributed by atoms with Gasteiger partial charge < -0.3 is 10.1 Å². The number of para-hydroxylation sites is 1. The van der Waals surface area contributed by atoms with Crippen LogP contribution in [0, 0.1) is 6.92 Å². The first-order chi connectivity index (χ1) is 14.2. The molecule has 1 aliphatic heterocycles. The maximum absolute atomic E-state index is 12.5. The van der Waals surface area contributed by atoms with Crippen LogP contribution in [0.4, 0.5) is 0 Å². The average Bonchev–Trinajstić information content (AvgIpc) is 3.17. The monoisotopic (exact) mass is 422 g/mol. The maximum Gasteiger partial charge on any atom is 0.244 e. The molecule has 1 amide bonds. The fraction of sp³-hybridized carbons (Fsp3) is 0.217. The molecule has 6 heteroatoms. The van der Waals surface area contributed by atoms with Gasteiger partial charge in [0.05, 0.1) is 16.7 Å². The van der Waals surface area contributed by atoms with Gasteiger partial charge in [0.2, 0.25) is 5.91 Å². The van der Waals surface area contributed by atoms with Crippen molar-refractivity contribution in [3.8, 4) is 5.75 Å². The third kappa shape index (κ3) is 5.08. The van der Waals surface area contributed by atoms with Crippen molar-refractivity contribution < 1.29 is 9.53 Å². The Kier molecular flexibility index (Phi) is 6.32. The van der Waals surface area contributed by atoms with Crippen LogP contribution in [-0.4, -0.2) is 16.6 Å². The van der Waals surface area contributed by atoms with Gasteiger partial charge >= 0.3 is 0 Å². The lowest BCUT2D eigenvalue weighted by molar-refractivity contribution is -0.117. The summed E-state index contributed by atoms with van der Waals surface area (Å²) in [7, 11) is 0. The molecule has 2 heterocycles. The van der Waals surface area contributed by atoms with Gasteiger partial charge in [-0.1, -0.05) is 36.4 Å². The molecule has 0 saturated carbocycles. The van der Waals surface area contributed by atoms with Gasteiger partial charge in [-0.25, -0.2) is 4.98 Å². The number of ether oxygens (including phenoxy) is 1. The molecule has 1 N–H and O–H groups in total. The number of thioether (sulfide) groups is 1. The lowest BCUT2D eigenvalue weighted by Gasteiger charge is -2.25. The minimum atomic E-state index is -0.0957. The van der Waals surface area contributed by atoms with E-state index in [4.69, 9.17) is 4.74 Å². The van der Waals surface area contributed by atoms with E-state index in [1.807, 2.05) is 60.5 Å². The molecule has 3 aromatic rings. The van der Waals surface area contributed by atoms with Crippen LogP contribution in [-0.2, 0) is 11.4 Å². The van der Waals surface area contributed by atoms with E-state index >= 15 is 0 Å². The topological polar surface area (TPSA) is 51.2 Å². The number of thiazole rings is 1. The maximum atomic E-state index is 12.5. The number of aryl methyl sites for hydroxylation is 1. The Hall–Kier alpha value is -2.57. The van der Waals surface area contributed by atoms with E-state index in [0.717, 1.165) is 34.2 Å². The number of carbonyl (C=O) groups excluding carboxylic acids is 1. The number of fused-ring (bicyclic) bond motifs is 1. The number of nitrogens with zero attached hydrogens (tertiary/aromatic N) is 1. The summed E-state index contributed by atoms with van der Waals surface area (Å²) in [6, 6.07) is 16.1. The molecule has 0 fully saturated rings. The summed E-state index contributed by atoms with van der Waals surface area (Å²) in [6.45, 7) is 2.39. The first-order valence-electron chi connectivity index (χ1n) is 9.52. The lowest BCUT2D eigenvalue weighted by Crippen LogP contribution is -2.29. The summed E-state index contributed by atoms with van der Waals surface area (Å²) < 4.78 is 5.92. The Balaban J connectivity index is 1.41. The summed E-state index contributed by atoms with van der Waals surface area (Å²) in [5.41, 5.74) is 2.99. The second-order valence-electron chi connectivity index (χ2n) is 6.75. The number of aromatic nitrogens is 1. The zero-order valence-electron chi connectivity index (χ0n) is 16.1. The van der Waals surface area contributed by atoms with Crippen LogP contribution >= 0.6 is 23.1 Å². The molecule has 4 nitrogen and oxygen atoms in total. The smallest absolute Gasteiger partial charge is 0.244 e. The highest BCUT2D eigenvalue weighted by Crippen LogP contribution is 2.35. The largest absolute Gasteiger partial charge is 0.487 e. The second kappa shape index (κ2) is 9.29. The average molecular weight is 423 g/mol. The second-order valence-corrected chi connectivity index (χ2v) is 8.95. The molecule has 0 aliphatic carbocycles. The van der Waals surface area contributed by atoms with Crippen LogP contribution in [0.1, 0.15) is 34.3 Å². The van der Waals surface area contributed by atoms with E-state index in [1.165, 1.54) is 10.5 Å². The van der Waals surface area contributed by atoms with Crippen molar-refractivity contribution in [3.63, 3.8) is 0 Å². The molecule has 29 heavy (non-hydrogen) atoms. The van der Waals surface area contributed by atoms with E-state index in [9.17, 15) is 4.79 Å². The molecule has 1 atom stereocenters. The standard InChI is InChI=1S/C23H22N2O2S2/c1-16-24-18(15-29-16)14-27-21-8-4-2-6-17(21)10-11-23(26)25-20-12-13-28-22-9-5-3-7-19(20)22/h2-11,15,20H,12-14H2,1H3,(H,25,26)/b11-10+. The van der Waals surface area contributed by atoms with Crippen molar-refractivity contribution in [2.75, 3.05) is 5.75 Å². The van der Waals surface area contributed by atoms with Gasteiger partial charge in [-0.15, -0.1) is 23.1 Å². The van der Waals surface area contributed by atoms with Crippen LogP contribution in [0.15, 0.2) is 64.9 Å². The molecule has 0 spiro atoms. The van der Waals surface area contributed by atoms with Crippen molar-refractivity contribution in [3.05, 3.63) is 81.8 Å². The van der Waals surface area contributed by atoms with Crippen LogP contribution in [0.25, 0.3) is 6.08 Å². The molecule has 1 unspecified atom stereocenters. The summed E-state index contributed by atoms with van der Waals surface area (Å²) in [4.78, 5) is 18.2. The minimum Gasteiger partial charge on any atom is -0.487 e. The normalized spacial score (nSPS) is 15.8. The Labute approximate surface area is 179 Å².